The Hall–Kier alpha value is -0.120. The van der Waals surface area contributed by atoms with Gasteiger partial charge in [-0.1, -0.05) is 6.42 Å². The molecule has 1 saturated heterocycles. The van der Waals surface area contributed by atoms with E-state index < -0.39 is 0 Å². The van der Waals surface area contributed by atoms with Gasteiger partial charge in [-0.2, -0.15) is 0 Å². The molecule has 11 heavy (non-hydrogen) atoms. The molecule has 0 aromatic carbocycles. The first kappa shape index (κ1) is 8.97. The van der Waals surface area contributed by atoms with Gasteiger partial charge in [-0.05, 0) is 32.4 Å². The average Bonchev–Trinajstić information content (AvgIpc) is 2.07. The molecular formula is C8H17NO2. The highest BCUT2D eigenvalue weighted by molar-refractivity contribution is 4.63. The molecule has 3 heteroatoms. The molecule has 0 spiro atoms. The summed E-state index contributed by atoms with van der Waals surface area (Å²) in [7, 11) is 0. The summed E-state index contributed by atoms with van der Waals surface area (Å²) < 4.78 is 0. The Morgan fingerprint density at radius 2 is 1.91 bits per heavy atom. The molecule has 1 aliphatic rings. The first-order valence-electron chi connectivity index (χ1n) is 4.42. The summed E-state index contributed by atoms with van der Waals surface area (Å²) in [5.74, 6) is 0. The van der Waals surface area contributed by atoms with Gasteiger partial charge in [-0.25, -0.2) is 4.89 Å². The van der Waals surface area contributed by atoms with Crippen LogP contribution in [-0.2, 0) is 4.89 Å². The summed E-state index contributed by atoms with van der Waals surface area (Å²) in [6, 6.07) is 0. The van der Waals surface area contributed by atoms with Crippen molar-refractivity contribution in [3.63, 3.8) is 0 Å². The highest BCUT2D eigenvalue weighted by Gasteiger charge is 2.08. The lowest BCUT2D eigenvalue weighted by Gasteiger charge is -2.25. The second-order valence-corrected chi connectivity index (χ2v) is 3.09. The molecule has 0 aromatic rings. The Morgan fingerprint density at radius 1 is 1.18 bits per heavy atom. The Labute approximate surface area is 67.9 Å². The van der Waals surface area contributed by atoms with Crippen molar-refractivity contribution in [2.45, 2.75) is 25.7 Å². The van der Waals surface area contributed by atoms with Crippen molar-refractivity contribution in [1.29, 1.82) is 0 Å². The zero-order valence-corrected chi connectivity index (χ0v) is 6.96. The van der Waals surface area contributed by atoms with Crippen LogP contribution in [0.15, 0.2) is 0 Å². The van der Waals surface area contributed by atoms with Crippen molar-refractivity contribution in [3.05, 3.63) is 0 Å². The number of rotatable bonds is 4. The Morgan fingerprint density at radius 3 is 2.55 bits per heavy atom. The first-order valence-corrected chi connectivity index (χ1v) is 4.42. The molecular weight excluding hydrogens is 142 g/mol. The Balaban J connectivity index is 1.96. The number of likely N-dealkylation sites (tertiary alicyclic amines) is 1. The number of nitrogens with zero attached hydrogens (tertiary/aromatic N) is 1. The van der Waals surface area contributed by atoms with E-state index in [1.807, 2.05) is 0 Å². The summed E-state index contributed by atoms with van der Waals surface area (Å²) >= 11 is 0. The number of hydrogen-bond donors (Lipinski definition) is 1. The van der Waals surface area contributed by atoms with E-state index in [1.165, 1.54) is 32.4 Å². The van der Waals surface area contributed by atoms with Gasteiger partial charge in [0.05, 0.1) is 6.61 Å². The predicted molar refractivity (Wildman–Crippen MR) is 43.5 cm³/mol. The van der Waals surface area contributed by atoms with Gasteiger partial charge >= 0.3 is 0 Å². The van der Waals surface area contributed by atoms with Crippen LogP contribution < -0.4 is 0 Å². The maximum Gasteiger partial charge on any atom is 0.0831 e. The zero-order valence-electron chi connectivity index (χ0n) is 6.96. The minimum atomic E-state index is 0.469. The Bertz CT molecular complexity index is 92.1. The van der Waals surface area contributed by atoms with Crippen molar-refractivity contribution in [3.8, 4) is 0 Å². The largest absolute Gasteiger partial charge is 0.303 e. The van der Waals surface area contributed by atoms with Crippen LogP contribution in [0.2, 0.25) is 0 Å². The lowest BCUT2D eigenvalue weighted by atomic mass is 10.1. The van der Waals surface area contributed by atoms with Gasteiger partial charge in [0.15, 0.2) is 0 Å². The van der Waals surface area contributed by atoms with Gasteiger partial charge in [-0.15, -0.1) is 0 Å². The van der Waals surface area contributed by atoms with E-state index in [4.69, 9.17) is 5.26 Å². The lowest BCUT2D eigenvalue weighted by Crippen LogP contribution is -2.31. The van der Waals surface area contributed by atoms with E-state index in [9.17, 15) is 0 Å². The third-order valence-corrected chi connectivity index (χ3v) is 2.16. The third-order valence-electron chi connectivity index (χ3n) is 2.16. The van der Waals surface area contributed by atoms with Crippen LogP contribution in [0.1, 0.15) is 25.7 Å². The fourth-order valence-corrected chi connectivity index (χ4v) is 1.54. The SMILES string of the molecule is OOCCCN1CCCCC1. The highest BCUT2D eigenvalue weighted by atomic mass is 17.1. The van der Waals surface area contributed by atoms with Crippen LogP contribution in [0.4, 0.5) is 0 Å². The average molecular weight is 159 g/mol. The summed E-state index contributed by atoms with van der Waals surface area (Å²) in [6.07, 6.45) is 4.99. The molecule has 0 amide bonds. The van der Waals surface area contributed by atoms with Crippen LogP contribution in [0.3, 0.4) is 0 Å². The molecule has 1 fully saturated rings. The fraction of sp³-hybridized carbons (Fsp3) is 1.00. The lowest BCUT2D eigenvalue weighted by molar-refractivity contribution is -0.243. The van der Waals surface area contributed by atoms with E-state index in [0.717, 1.165) is 13.0 Å². The second kappa shape index (κ2) is 5.52. The summed E-state index contributed by atoms with van der Waals surface area (Å²) in [4.78, 5) is 6.44. The second-order valence-electron chi connectivity index (χ2n) is 3.09. The van der Waals surface area contributed by atoms with Crippen molar-refractivity contribution in [2.24, 2.45) is 0 Å². The van der Waals surface area contributed by atoms with Crippen molar-refractivity contribution >= 4 is 0 Å². The molecule has 0 unspecified atom stereocenters. The van der Waals surface area contributed by atoms with Crippen molar-refractivity contribution in [1.82, 2.24) is 4.90 Å². The van der Waals surface area contributed by atoms with E-state index in [0.29, 0.717) is 6.61 Å². The molecule has 0 aromatic heterocycles. The number of piperidine rings is 1. The standard InChI is InChI=1S/C8H17NO2/c10-11-8-4-7-9-5-2-1-3-6-9/h10H,1-8H2. The molecule has 1 N–H and O–H groups in total. The highest BCUT2D eigenvalue weighted by Crippen LogP contribution is 2.08. The van der Waals surface area contributed by atoms with Gasteiger partial charge in [0.1, 0.15) is 0 Å². The smallest absolute Gasteiger partial charge is 0.0831 e. The Kier molecular flexibility index (Phi) is 4.50. The van der Waals surface area contributed by atoms with Crippen LogP contribution in [0.5, 0.6) is 0 Å². The van der Waals surface area contributed by atoms with Crippen molar-refractivity contribution in [2.75, 3.05) is 26.2 Å². The predicted octanol–water partition coefficient (Wildman–Crippen LogP) is 1.35. The minimum Gasteiger partial charge on any atom is -0.303 e. The molecule has 0 aliphatic carbocycles. The third kappa shape index (κ3) is 3.70. The van der Waals surface area contributed by atoms with Gasteiger partial charge in [-0.3, -0.25) is 5.26 Å². The fourth-order valence-electron chi connectivity index (χ4n) is 1.54. The van der Waals surface area contributed by atoms with Gasteiger partial charge in [0.25, 0.3) is 0 Å². The van der Waals surface area contributed by atoms with Crippen molar-refractivity contribution < 1.29 is 10.1 Å². The quantitative estimate of drug-likeness (QED) is 0.382. The molecule has 1 heterocycles. The van der Waals surface area contributed by atoms with Gasteiger partial charge in [0.2, 0.25) is 0 Å². The minimum absolute atomic E-state index is 0.469. The van der Waals surface area contributed by atoms with Crippen LogP contribution in [0.25, 0.3) is 0 Å². The van der Waals surface area contributed by atoms with E-state index in [-0.39, 0.29) is 0 Å². The molecule has 0 saturated carbocycles. The van der Waals surface area contributed by atoms with E-state index in [2.05, 4.69) is 9.79 Å². The van der Waals surface area contributed by atoms with Crippen LogP contribution in [-0.4, -0.2) is 36.4 Å². The van der Waals surface area contributed by atoms with Crippen LogP contribution >= 0.6 is 0 Å². The van der Waals surface area contributed by atoms with E-state index in [1.54, 1.807) is 0 Å². The molecule has 3 nitrogen and oxygen atoms in total. The number of hydrogen-bond acceptors (Lipinski definition) is 3. The van der Waals surface area contributed by atoms with Gasteiger partial charge in [0, 0.05) is 6.54 Å². The summed E-state index contributed by atoms with van der Waals surface area (Å²) in [5, 5.41) is 8.08. The molecule has 1 rings (SSSR count). The van der Waals surface area contributed by atoms with Crippen LogP contribution in [0, 0.1) is 0 Å². The van der Waals surface area contributed by atoms with E-state index >= 15 is 0 Å². The molecule has 0 radical (unpaired) electrons. The maximum atomic E-state index is 8.08. The molecule has 0 atom stereocenters. The normalized spacial score (nSPS) is 20.5. The first-order chi connectivity index (χ1) is 5.43. The maximum absolute atomic E-state index is 8.08. The monoisotopic (exact) mass is 159 g/mol. The topological polar surface area (TPSA) is 32.7 Å². The summed E-state index contributed by atoms with van der Waals surface area (Å²) in [5.41, 5.74) is 0. The molecule has 66 valence electrons. The molecule has 0 bridgehead atoms. The van der Waals surface area contributed by atoms with Gasteiger partial charge < -0.3 is 4.90 Å². The molecule has 1 aliphatic heterocycles. The summed E-state index contributed by atoms with van der Waals surface area (Å²) in [6.45, 7) is 3.99. The zero-order chi connectivity index (χ0) is 7.94.